The van der Waals surface area contributed by atoms with Gasteiger partial charge in [-0.2, -0.15) is 4.31 Å². The van der Waals surface area contributed by atoms with Crippen molar-refractivity contribution >= 4 is 21.1 Å². The Hall–Kier alpha value is -1.60. The van der Waals surface area contributed by atoms with Gasteiger partial charge in [0.2, 0.25) is 10.0 Å². The van der Waals surface area contributed by atoms with Crippen molar-refractivity contribution < 1.29 is 12.8 Å². The first kappa shape index (κ1) is 14.0. The van der Waals surface area contributed by atoms with Crippen LogP contribution in [0.3, 0.4) is 0 Å². The van der Waals surface area contributed by atoms with E-state index in [-0.39, 0.29) is 22.6 Å². The van der Waals surface area contributed by atoms with Crippen LogP contribution >= 0.6 is 0 Å². The van der Waals surface area contributed by atoms with Crippen molar-refractivity contribution in [2.24, 2.45) is 0 Å². The summed E-state index contributed by atoms with van der Waals surface area (Å²) < 4.78 is 32.8. The number of hydrogen-bond donors (Lipinski definition) is 1. The van der Waals surface area contributed by atoms with E-state index in [4.69, 9.17) is 4.42 Å². The van der Waals surface area contributed by atoms with Gasteiger partial charge in [0.1, 0.15) is 0 Å². The molecular weight excluding hydrogens is 304 g/mol. The topological polar surface area (TPSA) is 83.4 Å². The lowest BCUT2D eigenvalue weighted by atomic mass is 10.2. The molecule has 22 heavy (non-hydrogen) atoms. The van der Waals surface area contributed by atoms with Crippen LogP contribution in [0.2, 0.25) is 0 Å². The summed E-state index contributed by atoms with van der Waals surface area (Å²) in [6, 6.07) is 4.85. The van der Waals surface area contributed by atoms with Gasteiger partial charge in [0.15, 0.2) is 5.58 Å². The molecule has 2 aliphatic rings. The molecule has 0 bridgehead atoms. The van der Waals surface area contributed by atoms with E-state index in [2.05, 4.69) is 4.98 Å². The summed E-state index contributed by atoms with van der Waals surface area (Å²) in [5.74, 6) is -0.570. The van der Waals surface area contributed by atoms with Gasteiger partial charge in [-0.1, -0.05) is 12.8 Å². The number of sulfonamides is 1. The average Bonchev–Trinajstić information content (AvgIpc) is 2.99. The Morgan fingerprint density at radius 3 is 2.45 bits per heavy atom. The predicted octanol–water partition coefficient (Wildman–Crippen LogP) is 2.22. The van der Waals surface area contributed by atoms with Crippen LogP contribution in [0.4, 0.5) is 0 Å². The summed E-state index contributed by atoms with van der Waals surface area (Å²) >= 11 is 0. The third-order valence-corrected chi connectivity index (χ3v) is 6.56. The van der Waals surface area contributed by atoms with Gasteiger partial charge in [0.25, 0.3) is 0 Å². The fraction of sp³-hybridized carbons (Fsp3) is 0.533. The fourth-order valence-corrected chi connectivity index (χ4v) is 5.33. The number of aromatic nitrogens is 1. The third kappa shape index (κ3) is 2.28. The lowest BCUT2D eigenvalue weighted by molar-refractivity contribution is 0.314. The molecule has 0 atom stereocenters. The zero-order chi connectivity index (χ0) is 15.3. The summed E-state index contributed by atoms with van der Waals surface area (Å²) in [4.78, 5) is 14.0. The molecule has 0 saturated heterocycles. The van der Waals surface area contributed by atoms with Crippen LogP contribution in [-0.2, 0) is 10.0 Å². The van der Waals surface area contributed by atoms with Crippen LogP contribution in [0, 0.1) is 0 Å². The van der Waals surface area contributed by atoms with Crippen molar-refractivity contribution in [1.82, 2.24) is 9.29 Å². The Labute approximate surface area is 128 Å². The van der Waals surface area contributed by atoms with Crippen molar-refractivity contribution in [2.45, 2.75) is 55.5 Å². The maximum atomic E-state index is 13.0. The van der Waals surface area contributed by atoms with E-state index in [1.54, 1.807) is 16.4 Å². The molecule has 6 nitrogen and oxygen atoms in total. The van der Waals surface area contributed by atoms with Crippen LogP contribution in [0.15, 0.2) is 32.3 Å². The molecule has 1 N–H and O–H groups in total. The molecular formula is C15H18N2O4S. The molecule has 7 heteroatoms. The molecule has 118 valence electrons. The molecule has 1 aromatic heterocycles. The average molecular weight is 322 g/mol. The van der Waals surface area contributed by atoms with E-state index in [0.717, 1.165) is 38.5 Å². The first-order valence-corrected chi connectivity index (χ1v) is 9.16. The number of benzene rings is 1. The molecule has 1 aromatic carbocycles. The smallest absolute Gasteiger partial charge is 0.408 e. The number of aromatic amines is 1. The Balaban J connectivity index is 1.77. The predicted molar refractivity (Wildman–Crippen MR) is 81.1 cm³/mol. The van der Waals surface area contributed by atoms with Crippen LogP contribution < -0.4 is 5.76 Å². The second-order valence-electron chi connectivity index (χ2n) is 6.18. The Morgan fingerprint density at radius 1 is 1.09 bits per heavy atom. The van der Waals surface area contributed by atoms with Gasteiger partial charge in [0.05, 0.1) is 10.4 Å². The molecule has 2 aliphatic carbocycles. The summed E-state index contributed by atoms with van der Waals surface area (Å²) in [7, 11) is -3.55. The van der Waals surface area contributed by atoms with E-state index in [9.17, 15) is 13.2 Å². The maximum Gasteiger partial charge on any atom is 0.417 e. The third-order valence-electron chi connectivity index (χ3n) is 4.56. The summed E-state index contributed by atoms with van der Waals surface area (Å²) in [6.45, 7) is 0. The SMILES string of the molecule is O=c1[nH]c2ccc(S(=O)(=O)N(C3CCCC3)C3CC3)cc2o1. The van der Waals surface area contributed by atoms with Gasteiger partial charge >= 0.3 is 5.76 Å². The number of rotatable bonds is 4. The lowest BCUT2D eigenvalue weighted by Crippen LogP contribution is -2.40. The van der Waals surface area contributed by atoms with Gasteiger partial charge in [0, 0.05) is 18.2 Å². The Kier molecular flexibility index (Phi) is 3.16. The van der Waals surface area contributed by atoms with Gasteiger partial charge in [-0.3, -0.25) is 4.98 Å². The van der Waals surface area contributed by atoms with Crippen molar-refractivity contribution in [3.8, 4) is 0 Å². The van der Waals surface area contributed by atoms with Crippen molar-refractivity contribution in [3.63, 3.8) is 0 Å². The van der Waals surface area contributed by atoms with Crippen molar-refractivity contribution in [1.29, 1.82) is 0 Å². The quantitative estimate of drug-likeness (QED) is 0.935. The Morgan fingerprint density at radius 2 is 1.77 bits per heavy atom. The van der Waals surface area contributed by atoms with E-state index >= 15 is 0 Å². The number of hydrogen-bond acceptors (Lipinski definition) is 4. The molecule has 2 saturated carbocycles. The van der Waals surface area contributed by atoms with Crippen LogP contribution in [0.1, 0.15) is 38.5 Å². The first-order valence-electron chi connectivity index (χ1n) is 7.72. The molecule has 2 fully saturated rings. The fourth-order valence-electron chi connectivity index (χ4n) is 3.39. The lowest BCUT2D eigenvalue weighted by Gasteiger charge is -2.28. The normalized spacial score (nSPS) is 20.2. The van der Waals surface area contributed by atoms with E-state index in [0.29, 0.717) is 5.52 Å². The van der Waals surface area contributed by atoms with E-state index in [1.165, 1.54) is 6.07 Å². The highest BCUT2D eigenvalue weighted by molar-refractivity contribution is 7.89. The molecule has 2 aromatic rings. The minimum atomic E-state index is -3.55. The number of nitrogens with zero attached hydrogens (tertiary/aromatic N) is 1. The number of H-pyrrole nitrogens is 1. The molecule has 0 unspecified atom stereocenters. The first-order chi connectivity index (χ1) is 10.6. The summed E-state index contributed by atoms with van der Waals surface area (Å²) in [5, 5.41) is 0. The molecule has 0 aliphatic heterocycles. The second-order valence-corrected chi connectivity index (χ2v) is 8.02. The number of fused-ring (bicyclic) bond motifs is 1. The minimum absolute atomic E-state index is 0.117. The van der Waals surface area contributed by atoms with Gasteiger partial charge in [-0.15, -0.1) is 0 Å². The van der Waals surface area contributed by atoms with E-state index < -0.39 is 15.8 Å². The molecule has 4 rings (SSSR count). The standard InChI is InChI=1S/C15H18N2O4S/c18-15-16-13-8-7-12(9-14(13)21-15)22(19,20)17(11-5-6-11)10-3-1-2-4-10/h7-11H,1-6H2,(H,16,18). The monoisotopic (exact) mass is 322 g/mol. The number of oxazole rings is 1. The molecule has 0 spiro atoms. The molecule has 1 heterocycles. The van der Waals surface area contributed by atoms with Crippen LogP contribution in [0.5, 0.6) is 0 Å². The van der Waals surface area contributed by atoms with Gasteiger partial charge in [-0.05, 0) is 37.8 Å². The summed E-state index contributed by atoms with van der Waals surface area (Å²) in [5.41, 5.74) is 0.802. The highest BCUT2D eigenvalue weighted by Gasteiger charge is 2.43. The van der Waals surface area contributed by atoms with Crippen molar-refractivity contribution in [2.75, 3.05) is 0 Å². The minimum Gasteiger partial charge on any atom is -0.408 e. The van der Waals surface area contributed by atoms with Crippen LogP contribution in [-0.4, -0.2) is 29.8 Å². The zero-order valence-electron chi connectivity index (χ0n) is 12.1. The second kappa shape index (κ2) is 4.96. The zero-order valence-corrected chi connectivity index (χ0v) is 12.9. The molecule has 0 amide bonds. The largest absolute Gasteiger partial charge is 0.417 e. The highest BCUT2D eigenvalue weighted by atomic mass is 32.2. The maximum absolute atomic E-state index is 13.0. The number of nitrogens with one attached hydrogen (secondary N) is 1. The van der Waals surface area contributed by atoms with E-state index in [1.807, 2.05) is 0 Å². The van der Waals surface area contributed by atoms with Crippen molar-refractivity contribution in [3.05, 3.63) is 28.7 Å². The Bertz CT molecular complexity index is 857. The summed E-state index contributed by atoms with van der Waals surface area (Å²) in [6.07, 6.45) is 5.95. The molecule has 0 radical (unpaired) electrons. The highest BCUT2D eigenvalue weighted by Crippen LogP contribution is 2.38. The van der Waals surface area contributed by atoms with Gasteiger partial charge in [-0.25, -0.2) is 13.2 Å². The van der Waals surface area contributed by atoms with Crippen LogP contribution in [0.25, 0.3) is 11.1 Å². The van der Waals surface area contributed by atoms with Gasteiger partial charge < -0.3 is 4.42 Å².